The Labute approximate surface area is 106 Å². The molecule has 0 saturated carbocycles. The van der Waals surface area contributed by atoms with Crippen LogP contribution in [0.5, 0.6) is 0 Å². The molecule has 3 heteroatoms. The van der Waals surface area contributed by atoms with E-state index in [1.165, 1.54) is 12.8 Å². The second-order valence-electron chi connectivity index (χ2n) is 5.36. The topological polar surface area (TPSA) is 29.9 Å². The number of hydrogen-bond donors (Lipinski definition) is 1. The van der Waals surface area contributed by atoms with E-state index in [9.17, 15) is 0 Å². The first-order chi connectivity index (χ1) is 8.04. The van der Waals surface area contributed by atoms with E-state index in [1.807, 2.05) is 0 Å². The van der Waals surface area contributed by atoms with Crippen molar-refractivity contribution in [2.24, 2.45) is 5.92 Å². The van der Waals surface area contributed by atoms with Crippen LogP contribution in [0.15, 0.2) is 6.20 Å². The molecule has 0 aliphatic rings. The molecule has 3 nitrogen and oxygen atoms in total. The van der Waals surface area contributed by atoms with Gasteiger partial charge < -0.3 is 9.88 Å². The van der Waals surface area contributed by atoms with Gasteiger partial charge in [-0.05, 0) is 39.0 Å². The van der Waals surface area contributed by atoms with Gasteiger partial charge in [0.2, 0.25) is 5.95 Å². The van der Waals surface area contributed by atoms with Crippen LogP contribution in [0, 0.1) is 12.8 Å². The third kappa shape index (κ3) is 4.41. The number of aromatic nitrogens is 2. The molecule has 0 fully saturated rings. The van der Waals surface area contributed by atoms with Crippen LogP contribution in [0.3, 0.4) is 0 Å². The maximum Gasteiger partial charge on any atom is 0.203 e. The van der Waals surface area contributed by atoms with Crippen LogP contribution in [0.4, 0.5) is 5.95 Å². The third-order valence-electron chi connectivity index (χ3n) is 3.02. The normalized spacial score (nSPS) is 13.1. The summed E-state index contributed by atoms with van der Waals surface area (Å²) >= 11 is 0. The zero-order chi connectivity index (χ0) is 12.8. The molecular weight excluding hydrogens is 210 g/mol. The van der Waals surface area contributed by atoms with Crippen molar-refractivity contribution < 1.29 is 0 Å². The lowest BCUT2D eigenvalue weighted by Crippen LogP contribution is -2.12. The fourth-order valence-electron chi connectivity index (χ4n) is 1.93. The first kappa shape index (κ1) is 14.1. The number of nitrogens with zero attached hydrogens (tertiary/aromatic N) is 2. The van der Waals surface area contributed by atoms with Gasteiger partial charge in [-0.1, -0.05) is 20.8 Å². The molecule has 1 aromatic rings. The molecule has 0 aliphatic carbocycles. The number of hydrogen-bond acceptors (Lipinski definition) is 2. The van der Waals surface area contributed by atoms with E-state index in [1.54, 1.807) is 0 Å². The number of nitrogens with one attached hydrogen (secondary N) is 1. The molecule has 98 valence electrons. The number of rotatable bonds is 7. The summed E-state index contributed by atoms with van der Waals surface area (Å²) in [4.78, 5) is 4.55. The van der Waals surface area contributed by atoms with Crippen LogP contribution in [0.2, 0.25) is 0 Å². The molecule has 1 N–H and O–H groups in total. The third-order valence-corrected chi connectivity index (χ3v) is 3.02. The molecule has 1 atom stereocenters. The molecule has 1 rings (SSSR count). The lowest BCUT2D eigenvalue weighted by molar-refractivity contribution is 0.442. The SMILES string of the molecule is CCCNc1nc(C)cn1C(C)CCC(C)C. The van der Waals surface area contributed by atoms with Crippen LogP contribution in [-0.4, -0.2) is 16.1 Å². The molecular formula is C14H27N3. The molecule has 0 spiro atoms. The Morgan fingerprint density at radius 3 is 2.59 bits per heavy atom. The minimum atomic E-state index is 0.526. The Hall–Kier alpha value is -0.990. The maximum absolute atomic E-state index is 4.55. The number of anilines is 1. The Morgan fingerprint density at radius 1 is 1.29 bits per heavy atom. The van der Waals surface area contributed by atoms with Gasteiger partial charge in [0, 0.05) is 18.8 Å². The zero-order valence-corrected chi connectivity index (χ0v) is 12.0. The van der Waals surface area contributed by atoms with Gasteiger partial charge in [-0.15, -0.1) is 0 Å². The quantitative estimate of drug-likeness (QED) is 0.776. The monoisotopic (exact) mass is 237 g/mol. The van der Waals surface area contributed by atoms with Gasteiger partial charge in [0.15, 0.2) is 0 Å². The lowest BCUT2D eigenvalue weighted by Gasteiger charge is -2.17. The number of aryl methyl sites for hydroxylation is 1. The van der Waals surface area contributed by atoms with Crippen molar-refractivity contribution in [1.82, 2.24) is 9.55 Å². The largest absolute Gasteiger partial charge is 0.356 e. The Morgan fingerprint density at radius 2 is 2.00 bits per heavy atom. The van der Waals surface area contributed by atoms with Crippen molar-refractivity contribution in [2.75, 3.05) is 11.9 Å². The summed E-state index contributed by atoms with van der Waals surface area (Å²) in [5.74, 6) is 1.80. The highest BCUT2D eigenvalue weighted by Crippen LogP contribution is 2.21. The Bertz CT molecular complexity index is 328. The molecule has 0 aromatic carbocycles. The smallest absolute Gasteiger partial charge is 0.203 e. The highest BCUT2D eigenvalue weighted by molar-refractivity contribution is 5.29. The Kier molecular flexibility index (Phi) is 5.52. The van der Waals surface area contributed by atoms with Crippen LogP contribution >= 0.6 is 0 Å². The standard InChI is InChI=1S/C14H27N3/c1-6-9-15-14-16-12(4)10-17(14)13(5)8-7-11(2)3/h10-11,13H,6-9H2,1-5H3,(H,15,16). The van der Waals surface area contributed by atoms with Crippen molar-refractivity contribution in [3.63, 3.8) is 0 Å². The van der Waals surface area contributed by atoms with Gasteiger partial charge in [0.25, 0.3) is 0 Å². The average Bonchev–Trinajstić information content (AvgIpc) is 2.64. The van der Waals surface area contributed by atoms with E-state index in [2.05, 4.69) is 55.7 Å². The molecule has 1 heterocycles. The van der Waals surface area contributed by atoms with Gasteiger partial charge in [-0.3, -0.25) is 0 Å². The van der Waals surface area contributed by atoms with Crippen LogP contribution < -0.4 is 5.32 Å². The fraction of sp³-hybridized carbons (Fsp3) is 0.786. The van der Waals surface area contributed by atoms with Crippen molar-refractivity contribution in [3.8, 4) is 0 Å². The van der Waals surface area contributed by atoms with Crippen molar-refractivity contribution in [3.05, 3.63) is 11.9 Å². The second kappa shape index (κ2) is 6.67. The van der Waals surface area contributed by atoms with Crippen LogP contribution in [0.1, 0.15) is 58.7 Å². The molecule has 0 radical (unpaired) electrons. The average molecular weight is 237 g/mol. The molecule has 0 saturated heterocycles. The fourth-order valence-corrected chi connectivity index (χ4v) is 1.93. The van der Waals surface area contributed by atoms with Gasteiger partial charge >= 0.3 is 0 Å². The summed E-state index contributed by atoms with van der Waals surface area (Å²) in [5.41, 5.74) is 1.10. The maximum atomic E-state index is 4.55. The molecule has 1 aromatic heterocycles. The summed E-state index contributed by atoms with van der Waals surface area (Å²) in [6.45, 7) is 12.1. The van der Waals surface area contributed by atoms with E-state index in [-0.39, 0.29) is 0 Å². The van der Waals surface area contributed by atoms with E-state index >= 15 is 0 Å². The van der Waals surface area contributed by atoms with Crippen molar-refractivity contribution in [2.45, 2.75) is 59.9 Å². The highest BCUT2D eigenvalue weighted by atomic mass is 15.2. The predicted molar refractivity (Wildman–Crippen MR) is 74.5 cm³/mol. The van der Waals surface area contributed by atoms with E-state index in [0.29, 0.717) is 6.04 Å². The number of imidazole rings is 1. The lowest BCUT2D eigenvalue weighted by atomic mass is 10.0. The zero-order valence-electron chi connectivity index (χ0n) is 12.0. The molecule has 0 bridgehead atoms. The van der Waals surface area contributed by atoms with Crippen molar-refractivity contribution in [1.29, 1.82) is 0 Å². The van der Waals surface area contributed by atoms with Crippen LogP contribution in [0.25, 0.3) is 0 Å². The second-order valence-corrected chi connectivity index (χ2v) is 5.36. The first-order valence-corrected chi connectivity index (χ1v) is 6.84. The van der Waals surface area contributed by atoms with E-state index in [0.717, 1.165) is 30.5 Å². The molecule has 0 aliphatic heterocycles. The summed E-state index contributed by atoms with van der Waals surface area (Å²) in [5, 5.41) is 3.40. The van der Waals surface area contributed by atoms with Gasteiger partial charge in [0.05, 0.1) is 5.69 Å². The van der Waals surface area contributed by atoms with Gasteiger partial charge in [0.1, 0.15) is 0 Å². The van der Waals surface area contributed by atoms with Crippen LogP contribution in [-0.2, 0) is 0 Å². The van der Waals surface area contributed by atoms with Gasteiger partial charge in [-0.2, -0.15) is 0 Å². The molecule has 17 heavy (non-hydrogen) atoms. The minimum Gasteiger partial charge on any atom is -0.356 e. The Balaban J connectivity index is 2.66. The summed E-state index contributed by atoms with van der Waals surface area (Å²) in [7, 11) is 0. The predicted octanol–water partition coefficient (Wildman–Crippen LogP) is 4.01. The molecule has 1 unspecified atom stereocenters. The summed E-state index contributed by atoms with van der Waals surface area (Å²) in [6.07, 6.45) is 5.77. The minimum absolute atomic E-state index is 0.526. The van der Waals surface area contributed by atoms with Gasteiger partial charge in [-0.25, -0.2) is 4.98 Å². The molecule has 0 amide bonds. The first-order valence-electron chi connectivity index (χ1n) is 6.84. The summed E-state index contributed by atoms with van der Waals surface area (Å²) < 4.78 is 2.29. The highest BCUT2D eigenvalue weighted by Gasteiger charge is 2.11. The summed E-state index contributed by atoms with van der Waals surface area (Å²) in [6, 6.07) is 0.526. The van der Waals surface area contributed by atoms with E-state index in [4.69, 9.17) is 0 Å². The van der Waals surface area contributed by atoms with Crippen molar-refractivity contribution >= 4 is 5.95 Å². The van der Waals surface area contributed by atoms with E-state index < -0.39 is 0 Å².